The molecule has 0 saturated carbocycles. The fourth-order valence-electron chi connectivity index (χ4n) is 3.62. The van der Waals surface area contributed by atoms with Gasteiger partial charge in [-0.25, -0.2) is 0 Å². The third kappa shape index (κ3) is 4.19. The van der Waals surface area contributed by atoms with Crippen LogP contribution in [0.25, 0.3) is 0 Å². The van der Waals surface area contributed by atoms with Crippen molar-refractivity contribution in [2.45, 2.75) is 19.8 Å². The lowest BCUT2D eigenvalue weighted by atomic mass is 9.99. The van der Waals surface area contributed by atoms with Crippen LogP contribution in [-0.4, -0.2) is 60.3 Å². The van der Waals surface area contributed by atoms with E-state index in [2.05, 4.69) is 39.1 Å². The summed E-state index contributed by atoms with van der Waals surface area (Å²) in [6.07, 6.45) is 2.43. The van der Waals surface area contributed by atoms with Gasteiger partial charge in [0.05, 0.1) is 9.21 Å². The summed E-state index contributed by atoms with van der Waals surface area (Å²) >= 11 is 7.28. The molecule has 0 aromatic carbocycles. The van der Waals surface area contributed by atoms with Crippen LogP contribution in [0.2, 0.25) is 4.34 Å². The predicted molar refractivity (Wildman–Crippen MR) is 110 cm³/mol. The molecule has 0 atom stereocenters. The van der Waals surface area contributed by atoms with Gasteiger partial charge < -0.3 is 14.7 Å². The minimum atomic E-state index is 0.0623. The van der Waals surface area contributed by atoms with Crippen molar-refractivity contribution < 1.29 is 4.79 Å². The molecule has 2 aromatic rings. The Labute approximate surface area is 168 Å². The lowest BCUT2D eigenvalue weighted by Crippen LogP contribution is -2.49. The van der Waals surface area contributed by atoms with Crippen LogP contribution < -0.4 is 9.80 Å². The van der Waals surface area contributed by atoms with Crippen molar-refractivity contribution in [1.82, 2.24) is 15.1 Å². The summed E-state index contributed by atoms with van der Waals surface area (Å²) in [6.45, 7) is 7.32. The van der Waals surface area contributed by atoms with Crippen molar-refractivity contribution in [1.29, 1.82) is 0 Å². The van der Waals surface area contributed by atoms with E-state index in [9.17, 15) is 4.79 Å². The minimum absolute atomic E-state index is 0.0623. The van der Waals surface area contributed by atoms with Gasteiger partial charge in [0.1, 0.15) is 0 Å². The first-order valence-electron chi connectivity index (χ1n) is 9.48. The zero-order valence-corrected chi connectivity index (χ0v) is 17.0. The number of anilines is 2. The Morgan fingerprint density at radius 1 is 0.963 bits per heavy atom. The quantitative estimate of drug-likeness (QED) is 0.783. The highest BCUT2D eigenvalue weighted by atomic mass is 35.5. The number of halogens is 1. The summed E-state index contributed by atoms with van der Waals surface area (Å²) in [5, 5.41) is 8.89. The Bertz CT molecular complexity index is 780. The number of rotatable bonds is 3. The molecule has 1 amide bonds. The molecule has 0 N–H and O–H groups in total. The average molecular weight is 406 g/mol. The minimum Gasteiger partial charge on any atom is -0.355 e. The van der Waals surface area contributed by atoms with Crippen molar-refractivity contribution in [2.75, 3.05) is 49.1 Å². The number of thiophene rings is 1. The van der Waals surface area contributed by atoms with Gasteiger partial charge in [-0.2, -0.15) is 0 Å². The molecule has 0 aliphatic carbocycles. The van der Waals surface area contributed by atoms with E-state index in [-0.39, 0.29) is 5.91 Å². The monoisotopic (exact) mass is 405 g/mol. The standard InChI is InChI=1S/C19H24ClN5OS/c1-14-6-8-23(9-7-14)17-4-5-18(22-21-17)24-10-12-25(13-11-24)19(26)15-2-3-16(20)27-15/h2-5,14H,6-13H2,1H3. The third-order valence-electron chi connectivity index (χ3n) is 5.42. The fraction of sp³-hybridized carbons (Fsp3) is 0.526. The highest BCUT2D eigenvalue weighted by Crippen LogP contribution is 2.25. The topological polar surface area (TPSA) is 52.6 Å². The molecule has 144 valence electrons. The summed E-state index contributed by atoms with van der Waals surface area (Å²) in [7, 11) is 0. The molecule has 2 aliphatic rings. The average Bonchev–Trinajstić information content (AvgIpc) is 3.15. The van der Waals surface area contributed by atoms with E-state index in [0.29, 0.717) is 22.3 Å². The molecule has 0 spiro atoms. The SMILES string of the molecule is CC1CCN(c2ccc(N3CCN(C(=O)c4ccc(Cl)s4)CC3)nn2)CC1. The summed E-state index contributed by atoms with van der Waals surface area (Å²) in [4.78, 5) is 19.6. The molecule has 0 bridgehead atoms. The van der Waals surface area contributed by atoms with E-state index in [1.807, 2.05) is 4.90 Å². The van der Waals surface area contributed by atoms with E-state index in [0.717, 1.165) is 43.7 Å². The van der Waals surface area contributed by atoms with Crippen molar-refractivity contribution >= 4 is 40.5 Å². The Morgan fingerprint density at radius 3 is 2.07 bits per heavy atom. The zero-order valence-electron chi connectivity index (χ0n) is 15.5. The van der Waals surface area contributed by atoms with Gasteiger partial charge in [-0.3, -0.25) is 4.79 Å². The Balaban J connectivity index is 1.33. The number of piperazine rings is 1. The predicted octanol–water partition coefficient (Wildman–Crippen LogP) is 3.39. The van der Waals surface area contributed by atoms with Crippen LogP contribution in [-0.2, 0) is 0 Å². The molecule has 6 nitrogen and oxygen atoms in total. The van der Waals surface area contributed by atoms with E-state index < -0.39 is 0 Å². The van der Waals surface area contributed by atoms with Gasteiger partial charge in [-0.05, 0) is 43.0 Å². The molecule has 2 saturated heterocycles. The first-order valence-corrected chi connectivity index (χ1v) is 10.7. The van der Waals surface area contributed by atoms with E-state index in [1.165, 1.54) is 24.2 Å². The number of piperidine rings is 1. The van der Waals surface area contributed by atoms with E-state index >= 15 is 0 Å². The number of carbonyl (C=O) groups excluding carboxylic acids is 1. The number of hydrogen-bond acceptors (Lipinski definition) is 6. The normalized spacial score (nSPS) is 18.8. The second kappa shape index (κ2) is 8.02. The van der Waals surface area contributed by atoms with Crippen LogP contribution in [0.3, 0.4) is 0 Å². The summed E-state index contributed by atoms with van der Waals surface area (Å²) in [5.74, 6) is 2.72. The van der Waals surface area contributed by atoms with Crippen molar-refractivity contribution in [3.05, 3.63) is 33.5 Å². The van der Waals surface area contributed by atoms with Gasteiger partial charge in [0.25, 0.3) is 5.91 Å². The molecule has 0 radical (unpaired) electrons. The largest absolute Gasteiger partial charge is 0.355 e. The zero-order chi connectivity index (χ0) is 18.8. The van der Waals surface area contributed by atoms with Gasteiger partial charge in [0.15, 0.2) is 11.6 Å². The molecular weight excluding hydrogens is 382 g/mol. The molecule has 27 heavy (non-hydrogen) atoms. The molecule has 4 rings (SSSR count). The number of nitrogens with zero attached hydrogens (tertiary/aromatic N) is 5. The molecule has 2 aliphatic heterocycles. The molecule has 2 aromatic heterocycles. The van der Waals surface area contributed by atoms with E-state index in [4.69, 9.17) is 11.6 Å². The number of amides is 1. The smallest absolute Gasteiger partial charge is 0.264 e. The second-order valence-electron chi connectivity index (χ2n) is 7.30. The number of hydrogen-bond donors (Lipinski definition) is 0. The Kier molecular flexibility index (Phi) is 5.50. The maximum Gasteiger partial charge on any atom is 0.264 e. The molecule has 2 fully saturated rings. The Hall–Kier alpha value is -1.86. The fourth-order valence-corrected chi connectivity index (χ4v) is 4.63. The maximum atomic E-state index is 12.5. The lowest BCUT2D eigenvalue weighted by Gasteiger charge is -2.35. The van der Waals surface area contributed by atoms with Gasteiger partial charge in [0.2, 0.25) is 0 Å². The van der Waals surface area contributed by atoms with Gasteiger partial charge in [0, 0.05) is 39.3 Å². The van der Waals surface area contributed by atoms with E-state index in [1.54, 1.807) is 12.1 Å². The van der Waals surface area contributed by atoms with Crippen LogP contribution in [0.4, 0.5) is 11.6 Å². The summed E-state index contributed by atoms with van der Waals surface area (Å²) in [6, 6.07) is 7.70. The van der Waals surface area contributed by atoms with Crippen LogP contribution in [0, 0.1) is 5.92 Å². The second-order valence-corrected chi connectivity index (χ2v) is 9.02. The van der Waals surface area contributed by atoms with Crippen molar-refractivity contribution in [2.24, 2.45) is 5.92 Å². The highest BCUT2D eigenvalue weighted by Gasteiger charge is 2.24. The summed E-state index contributed by atoms with van der Waals surface area (Å²) < 4.78 is 0.649. The first kappa shape index (κ1) is 18.5. The number of aromatic nitrogens is 2. The summed E-state index contributed by atoms with van der Waals surface area (Å²) in [5.41, 5.74) is 0. The van der Waals surface area contributed by atoms with Crippen LogP contribution in [0.1, 0.15) is 29.4 Å². The number of carbonyl (C=O) groups is 1. The molecule has 4 heterocycles. The maximum absolute atomic E-state index is 12.5. The molecular formula is C19H24ClN5OS. The lowest BCUT2D eigenvalue weighted by molar-refractivity contribution is 0.0751. The van der Waals surface area contributed by atoms with Crippen LogP contribution >= 0.6 is 22.9 Å². The van der Waals surface area contributed by atoms with Gasteiger partial charge in [-0.1, -0.05) is 18.5 Å². The molecule has 0 unspecified atom stereocenters. The van der Waals surface area contributed by atoms with Crippen molar-refractivity contribution in [3.63, 3.8) is 0 Å². The van der Waals surface area contributed by atoms with Crippen LogP contribution in [0.15, 0.2) is 24.3 Å². The van der Waals surface area contributed by atoms with Crippen LogP contribution in [0.5, 0.6) is 0 Å². The van der Waals surface area contributed by atoms with Gasteiger partial charge in [-0.15, -0.1) is 21.5 Å². The third-order valence-corrected chi connectivity index (χ3v) is 6.64. The first-order chi connectivity index (χ1) is 13.1. The highest BCUT2D eigenvalue weighted by molar-refractivity contribution is 7.17. The Morgan fingerprint density at radius 2 is 1.56 bits per heavy atom. The van der Waals surface area contributed by atoms with Gasteiger partial charge >= 0.3 is 0 Å². The van der Waals surface area contributed by atoms with Crippen molar-refractivity contribution in [3.8, 4) is 0 Å². The molecule has 8 heteroatoms.